The van der Waals surface area contributed by atoms with Crippen molar-refractivity contribution in [1.29, 1.82) is 0 Å². The molecule has 24 heavy (non-hydrogen) atoms. The minimum atomic E-state index is -0.106. The van der Waals surface area contributed by atoms with Crippen LogP contribution in [0.1, 0.15) is 5.56 Å². The molecule has 0 N–H and O–H groups in total. The Bertz CT molecular complexity index is 866. The summed E-state index contributed by atoms with van der Waals surface area (Å²) in [6.07, 6.45) is 1.57. The van der Waals surface area contributed by atoms with Crippen molar-refractivity contribution in [2.45, 2.75) is 6.54 Å². The van der Waals surface area contributed by atoms with Crippen molar-refractivity contribution in [1.82, 2.24) is 9.55 Å². The Morgan fingerprint density at radius 1 is 0.958 bits per heavy atom. The molecule has 122 valence electrons. The quantitative estimate of drug-likeness (QED) is 0.725. The van der Waals surface area contributed by atoms with Gasteiger partial charge in [-0.2, -0.15) is 0 Å². The van der Waals surface area contributed by atoms with Gasteiger partial charge in [-0.15, -0.1) is 0 Å². The summed E-state index contributed by atoms with van der Waals surface area (Å²) in [4.78, 5) is 16.8. The summed E-state index contributed by atoms with van der Waals surface area (Å²) in [7, 11) is 3.20. The van der Waals surface area contributed by atoms with E-state index in [1.165, 1.54) is 0 Å². The fraction of sp³-hybridized carbons (Fsp3) is 0.158. The van der Waals surface area contributed by atoms with Gasteiger partial charge in [0, 0.05) is 17.7 Å². The van der Waals surface area contributed by atoms with Crippen LogP contribution in [0, 0.1) is 0 Å². The standard InChI is InChI=1S/C19H18N2O3/c1-23-16-8-14(9-17(10-16)24-2)12-21-13-20-18(11-19(21)22)15-6-4-3-5-7-15/h3-11,13H,12H2,1-2H3. The summed E-state index contributed by atoms with van der Waals surface area (Å²) in [6, 6.07) is 16.7. The van der Waals surface area contributed by atoms with E-state index in [-0.39, 0.29) is 5.56 Å². The lowest BCUT2D eigenvalue weighted by Gasteiger charge is -2.10. The Labute approximate surface area is 140 Å². The molecule has 5 heteroatoms. The van der Waals surface area contributed by atoms with E-state index >= 15 is 0 Å². The molecule has 0 atom stereocenters. The third kappa shape index (κ3) is 3.46. The van der Waals surface area contributed by atoms with Gasteiger partial charge in [0.05, 0.1) is 32.8 Å². The van der Waals surface area contributed by atoms with Gasteiger partial charge < -0.3 is 9.47 Å². The van der Waals surface area contributed by atoms with E-state index in [9.17, 15) is 4.79 Å². The molecule has 5 nitrogen and oxygen atoms in total. The van der Waals surface area contributed by atoms with E-state index in [0.717, 1.165) is 11.1 Å². The summed E-state index contributed by atoms with van der Waals surface area (Å²) in [5.41, 5.74) is 2.39. The third-order valence-corrected chi connectivity index (χ3v) is 3.71. The lowest BCUT2D eigenvalue weighted by atomic mass is 10.1. The second-order valence-corrected chi connectivity index (χ2v) is 5.33. The van der Waals surface area contributed by atoms with Crippen LogP contribution in [0.4, 0.5) is 0 Å². The first-order chi connectivity index (χ1) is 11.7. The Kier molecular flexibility index (Phi) is 4.61. The summed E-state index contributed by atoms with van der Waals surface area (Å²) < 4.78 is 12.1. The van der Waals surface area contributed by atoms with Crippen molar-refractivity contribution in [2.75, 3.05) is 14.2 Å². The molecule has 0 amide bonds. The summed E-state index contributed by atoms with van der Waals surface area (Å²) in [6.45, 7) is 0.397. The first-order valence-corrected chi connectivity index (χ1v) is 7.53. The molecule has 0 spiro atoms. The lowest BCUT2D eigenvalue weighted by Crippen LogP contribution is -2.20. The van der Waals surface area contributed by atoms with Crippen molar-refractivity contribution < 1.29 is 9.47 Å². The molecular formula is C19H18N2O3. The molecule has 0 aliphatic carbocycles. The zero-order valence-corrected chi connectivity index (χ0v) is 13.6. The number of ether oxygens (including phenoxy) is 2. The van der Waals surface area contributed by atoms with Crippen molar-refractivity contribution in [3.05, 3.63) is 76.8 Å². The van der Waals surface area contributed by atoms with Gasteiger partial charge in [0.2, 0.25) is 0 Å². The lowest BCUT2D eigenvalue weighted by molar-refractivity contribution is 0.393. The fourth-order valence-electron chi connectivity index (χ4n) is 2.47. The minimum Gasteiger partial charge on any atom is -0.497 e. The van der Waals surface area contributed by atoms with E-state index in [1.54, 1.807) is 37.2 Å². The van der Waals surface area contributed by atoms with Crippen LogP contribution < -0.4 is 15.0 Å². The number of rotatable bonds is 5. The van der Waals surface area contributed by atoms with Crippen LogP contribution in [0.15, 0.2) is 65.7 Å². The predicted molar refractivity (Wildman–Crippen MR) is 92.6 cm³/mol. The average molecular weight is 322 g/mol. The topological polar surface area (TPSA) is 53.4 Å². The number of hydrogen-bond donors (Lipinski definition) is 0. The second-order valence-electron chi connectivity index (χ2n) is 5.33. The average Bonchev–Trinajstić information content (AvgIpc) is 2.63. The van der Waals surface area contributed by atoms with Crippen molar-refractivity contribution in [3.63, 3.8) is 0 Å². The third-order valence-electron chi connectivity index (χ3n) is 3.71. The van der Waals surface area contributed by atoms with Gasteiger partial charge in [-0.3, -0.25) is 9.36 Å². The van der Waals surface area contributed by atoms with Crippen LogP contribution in [0.25, 0.3) is 11.3 Å². The molecule has 2 aromatic carbocycles. The number of benzene rings is 2. The molecule has 0 aliphatic heterocycles. The maximum atomic E-state index is 12.4. The first-order valence-electron chi connectivity index (χ1n) is 7.53. The van der Waals surface area contributed by atoms with Crippen molar-refractivity contribution >= 4 is 0 Å². The van der Waals surface area contributed by atoms with Gasteiger partial charge >= 0.3 is 0 Å². The van der Waals surface area contributed by atoms with E-state index in [4.69, 9.17) is 9.47 Å². The zero-order valence-electron chi connectivity index (χ0n) is 13.6. The molecule has 0 fully saturated rings. The molecule has 0 saturated heterocycles. The van der Waals surface area contributed by atoms with E-state index < -0.39 is 0 Å². The van der Waals surface area contributed by atoms with Gasteiger partial charge in [0.1, 0.15) is 11.5 Å². The summed E-state index contributed by atoms with van der Waals surface area (Å²) in [5, 5.41) is 0. The van der Waals surface area contributed by atoms with Gasteiger partial charge in [-0.05, 0) is 17.7 Å². The van der Waals surface area contributed by atoms with Crippen LogP contribution in [0.3, 0.4) is 0 Å². The molecule has 1 aromatic heterocycles. The molecule has 1 heterocycles. The van der Waals surface area contributed by atoms with Crippen LogP contribution in [-0.4, -0.2) is 23.8 Å². The Hall–Kier alpha value is -3.08. The normalized spacial score (nSPS) is 10.4. The van der Waals surface area contributed by atoms with Gasteiger partial charge in [-0.25, -0.2) is 4.98 Å². The number of methoxy groups -OCH3 is 2. The molecule has 0 aliphatic rings. The van der Waals surface area contributed by atoms with Crippen LogP contribution in [-0.2, 0) is 6.54 Å². The Balaban J connectivity index is 1.90. The SMILES string of the molecule is COc1cc(Cn2cnc(-c3ccccc3)cc2=O)cc(OC)c1. The fourth-order valence-corrected chi connectivity index (χ4v) is 2.47. The van der Waals surface area contributed by atoms with Crippen molar-refractivity contribution in [2.24, 2.45) is 0 Å². The highest BCUT2D eigenvalue weighted by molar-refractivity contribution is 5.57. The molecule has 0 radical (unpaired) electrons. The first kappa shape index (κ1) is 15.8. The molecule has 3 aromatic rings. The van der Waals surface area contributed by atoms with E-state index in [2.05, 4.69) is 4.98 Å². The smallest absolute Gasteiger partial charge is 0.254 e. The molecular weight excluding hydrogens is 304 g/mol. The summed E-state index contributed by atoms with van der Waals surface area (Å²) >= 11 is 0. The number of aromatic nitrogens is 2. The van der Waals surface area contributed by atoms with Crippen LogP contribution in [0.5, 0.6) is 11.5 Å². The highest BCUT2D eigenvalue weighted by Gasteiger charge is 2.06. The van der Waals surface area contributed by atoms with Crippen molar-refractivity contribution in [3.8, 4) is 22.8 Å². The van der Waals surface area contributed by atoms with Gasteiger partial charge in [0.15, 0.2) is 0 Å². The van der Waals surface area contributed by atoms with Crippen LogP contribution in [0.2, 0.25) is 0 Å². The zero-order chi connectivity index (χ0) is 16.9. The molecule has 0 saturated carbocycles. The Morgan fingerprint density at radius 2 is 1.62 bits per heavy atom. The van der Waals surface area contributed by atoms with Crippen LogP contribution >= 0.6 is 0 Å². The maximum absolute atomic E-state index is 12.4. The minimum absolute atomic E-state index is 0.106. The highest BCUT2D eigenvalue weighted by Crippen LogP contribution is 2.23. The molecule has 0 bridgehead atoms. The monoisotopic (exact) mass is 322 g/mol. The van der Waals surface area contributed by atoms with Gasteiger partial charge in [-0.1, -0.05) is 30.3 Å². The molecule has 3 rings (SSSR count). The van der Waals surface area contributed by atoms with E-state index in [0.29, 0.717) is 23.7 Å². The Morgan fingerprint density at radius 3 is 2.21 bits per heavy atom. The van der Waals surface area contributed by atoms with E-state index in [1.807, 2.05) is 42.5 Å². The van der Waals surface area contributed by atoms with Gasteiger partial charge in [0.25, 0.3) is 5.56 Å². The highest BCUT2D eigenvalue weighted by atomic mass is 16.5. The maximum Gasteiger partial charge on any atom is 0.254 e. The molecule has 0 unspecified atom stereocenters. The second kappa shape index (κ2) is 7.00. The number of hydrogen-bond acceptors (Lipinski definition) is 4. The largest absolute Gasteiger partial charge is 0.497 e. The summed E-state index contributed by atoms with van der Waals surface area (Å²) in [5.74, 6) is 1.37. The number of nitrogens with zero attached hydrogens (tertiary/aromatic N) is 2. The predicted octanol–water partition coefficient (Wildman–Crippen LogP) is 2.98.